The van der Waals surface area contributed by atoms with Gasteiger partial charge in [0.15, 0.2) is 0 Å². The van der Waals surface area contributed by atoms with Crippen LogP contribution in [0.5, 0.6) is 0 Å². The van der Waals surface area contributed by atoms with Crippen LogP contribution in [0, 0.1) is 16.0 Å². The molecule has 0 aromatic heterocycles. The van der Waals surface area contributed by atoms with E-state index in [9.17, 15) is 34.1 Å². The average molecular weight is 935 g/mol. The fraction of sp³-hybridized carbons (Fsp3) is 0.632. The van der Waals surface area contributed by atoms with Crippen LogP contribution in [-0.4, -0.2) is 68.8 Å². The Balaban J connectivity index is 1.24. The summed E-state index contributed by atoms with van der Waals surface area (Å²) in [6, 6.07) is 13.0. The Kier molecular flexibility index (Phi) is 23.2. The van der Waals surface area contributed by atoms with Gasteiger partial charge in [0, 0.05) is 70.7 Å². The van der Waals surface area contributed by atoms with Gasteiger partial charge in [-0.1, -0.05) is 187 Å². The highest BCUT2D eigenvalue weighted by atomic mass is 16.6. The minimum Gasteiger partial charge on any atom is -0.338 e. The number of nitro benzene ring substituents is 1. The number of imide groups is 2. The molecule has 1 atom stereocenters. The molecule has 0 spiro atoms. The molecule has 11 heteroatoms. The van der Waals surface area contributed by atoms with Crippen LogP contribution in [0.2, 0.25) is 0 Å². The van der Waals surface area contributed by atoms with Crippen molar-refractivity contribution in [2.45, 2.75) is 207 Å². The number of rotatable bonds is 36. The molecule has 11 nitrogen and oxygen atoms in total. The van der Waals surface area contributed by atoms with Crippen molar-refractivity contribution in [3.05, 3.63) is 86.5 Å². The summed E-state index contributed by atoms with van der Waals surface area (Å²) in [5, 5.41) is 12.8. The number of benzene rings is 3. The quantitative estimate of drug-likeness (QED) is 0.0245. The highest BCUT2D eigenvalue weighted by Gasteiger charge is 2.39. The Morgan fingerprint density at radius 1 is 0.515 bits per heavy atom. The third kappa shape index (κ3) is 15.3. The summed E-state index contributed by atoms with van der Waals surface area (Å²) in [6.07, 6.45) is 30.5. The van der Waals surface area contributed by atoms with Crippen molar-refractivity contribution < 1.29 is 28.9 Å². The number of hydrogen-bond acceptors (Lipinski definition) is 7. The van der Waals surface area contributed by atoms with Gasteiger partial charge in [-0.3, -0.25) is 43.9 Å². The van der Waals surface area contributed by atoms with Crippen molar-refractivity contribution in [2.24, 2.45) is 5.92 Å². The molecule has 372 valence electrons. The van der Waals surface area contributed by atoms with Crippen LogP contribution in [0.25, 0.3) is 10.8 Å². The molecule has 1 unspecified atom stereocenters. The van der Waals surface area contributed by atoms with E-state index in [1.807, 2.05) is 0 Å². The first kappa shape index (κ1) is 54.0. The second-order valence-corrected chi connectivity index (χ2v) is 19.7. The Labute approximate surface area is 407 Å². The lowest BCUT2D eigenvalue weighted by atomic mass is 9.86. The molecule has 2 aliphatic heterocycles. The summed E-state index contributed by atoms with van der Waals surface area (Å²) in [5.41, 5.74) is 1.62. The molecule has 0 radical (unpaired) electrons. The molecule has 0 fully saturated rings. The zero-order valence-electron chi connectivity index (χ0n) is 42.0. The lowest BCUT2D eigenvalue weighted by molar-refractivity contribution is -0.385. The standard InChI is InChI=1S/C57H82N4O7/c1-4-7-10-13-16-18-19-21-24-29-40-59-54(63)46-36-38-48-53-49(39-37-47(52(46)53)55(59)64)57(66)60(56(48)65)41-30-35-51(62)58(43-45-33-27-28-34-50(45)61(67)68)42-44(31-25-22-15-12-9-6-3)32-26-23-20-17-14-11-8-5-2/h27-28,33-34,36-39,44H,4-26,29-32,35,40-43H2,1-3H3. The number of para-hydroxylation sites is 1. The predicted molar refractivity (Wildman–Crippen MR) is 273 cm³/mol. The Bertz CT molecular complexity index is 2060. The van der Waals surface area contributed by atoms with E-state index in [0.29, 0.717) is 40.6 Å². The van der Waals surface area contributed by atoms with Crippen LogP contribution < -0.4 is 0 Å². The third-order valence-corrected chi connectivity index (χ3v) is 14.4. The van der Waals surface area contributed by atoms with Crippen molar-refractivity contribution in [3.8, 4) is 0 Å². The fourth-order valence-corrected chi connectivity index (χ4v) is 10.4. The highest BCUT2D eigenvalue weighted by Crippen LogP contribution is 2.38. The summed E-state index contributed by atoms with van der Waals surface area (Å²) < 4.78 is 0. The lowest BCUT2D eigenvalue weighted by Crippen LogP contribution is -2.44. The Morgan fingerprint density at radius 3 is 1.29 bits per heavy atom. The van der Waals surface area contributed by atoms with Crippen LogP contribution in [0.1, 0.15) is 248 Å². The summed E-state index contributed by atoms with van der Waals surface area (Å²) in [5.74, 6) is -1.76. The molecular formula is C57H82N4O7. The topological polar surface area (TPSA) is 138 Å². The molecule has 0 aliphatic carbocycles. The molecule has 2 aliphatic rings. The van der Waals surface area contributed by atoms with E-state index in [1.54, 1.807) is 47.4 Å². The largest absolute Gasteiger partial charge is 0.338 e. The van der Waals surface area contributed by atoms with E-state index < -0.39 is 28.6 Å². The Hall–Kier alpha value is -4.93. The third-order valence-electron chi connectivity index (χ3n) is 14.4. The van der Waals surface area contributed by atoms with Gasteiger partial charge in [0.25, 0.3) is 29.3 Å². The zero-order valence-corrected chi connectivity index (χ0v) is 42.0. The molecule has 0 saturated heterocycles. The van der Waals surface area contributed by atoms with Crippen molar-refractivity contribution in [1.29, 1.82) is 0 Å². The molecule has 0 bridgehead atoms. The van der Waals surface area contributed by atoms with E-state index in [2.05, 4.69) is 20.8 Å². The molecule has 68 heavy (non-hydrogen) atoms. The second kappa shape index (κ2) is 29.2. The van der Waals surface area contributed by atoms with Gasteiger partial charge in [-0.15, -0.1) is 0 Å². The smallest absolute Gasteiger partial charge is 0.274 e. The monoisotopic (exact) mass is 935 g/mol. The molecule has 5 amide bonds. The normalized spacial score (nSPS) is 13.8. The van der Waals surface area contributed by atoms with E-state index >= 15 is 0 Å². The van der Waals surface area contributed by atoms with E-state index in [0.717, 1.165) is 64.2 Å². The fourth-order valence-electron chi connectivity index (χ4n) is 10.4. The molecular weight excluding hydrogens is 853 g/mol. The van der Waals surface area contributed by atoms with Gasteiger partial charge in [-0.05, 0) is 55.9 Å². The maximum atomic E-state index is 14.3. The molecule has 3 aromatic rings. The van der Waals surface area contributed by atoms with Crippen molar-refractivity contribution in [3.63, 3.8) is 0 Å². The summed E-state index contributed by atoms with van der Waals surface area (Å²) in [6.45, 7) is 7.59. The number of nitrogens with zero attached hydrogens (tertiary/aromatic N) is 4. The highest BCUT2D eigenvalue weighted by molar-refractivity contribution is 6.33. The first-order chi connectivity index (χ1) is 33.1. The number of unbranched alkanes of at least 4 members (excludes halogenated alkanes) is 21. The number of carbonyl (C=O) groups is 5. The minimum absolute atomic E-state index is 0.00287. The van der Waals surface area contributed by atoms with Gasteiger partial charge in [0.1, 0.15) is 0 Å². The summed E-state index contributed by atoms with van der Waals surface area (Å²) in [4.78, 5) is 86.3. The first-order valence-corrected chi connectivity index (χ1v) is 26.9. The van der Waals surface area contributed by atoms with Crippen molar-refractivity contribution in [2.75, 3.05) is 19.6 Å². The number of hydrogen-bond donors (Lipinski definition) is 0. The van der Waals surface area contributed by atoms with Crippen molar-refractivity contribution in [1.82, 2.24) is 14.7 Å². The van der Waals surface area contributed by atoms with Crippen LogP contribution in [0.4, 0.5) is 5.69 Å². The SMILES string of the molecule is CCCCCCCCCCCCN1C(=O)c2ccc3c4c(ccc(c24)C1=O)C(=O)N(CCCC(=O)N(Cc1ccccc1[N+](=O)[O-])CC(CCCCCCCC)CCCCCCCCCC)C3=O. The minimum atomic E-state index is -0.521. The summed E-state index contributed by atoms with van der Waals surface area (Å²) >= 11 is 0. The summed E-state index contributed by atoms with van der Waals surface area (Å²) in [7, 11) is 0. The molecule has 0 N–H and O–H groups in total. The Morgan fingerprint density at radius 2 is 0.882 bits per heavy atom. The number of carbonyl (C=O) groups excluding carboxylic acids is 5. The van der Waals surface area contributed by atoms with Gasteiger partial charge >= 0.3 is 0 Å². The van der Waals surface area contributed by atoms with E-state index in [-0.39, 0.29) is 54.6 Å². The molecule has 5 rings (SSSR count). The van der Waals surface area contributed by atoms with Crippen LogP contribution >= 0.6 is 0 Å². The van der Waals surface area contributed by atoms with Gasteiger partial charge in [0.2, 0.25) is 5.91 Å². The maximum Gasteiger partial charge on any atom is 0.274 e. The lowest BCUT2D eigenvalue weighted by Gasteiger charge is -2.32. The van der Waals surface area contributed by atoms with Crippen molar-refractivity contribution >= 4 is 46.0 Å². The van der Waals surface area contributed by atoms with Crippen LogP contribution in [0.15, 0.2) is 48.5 Å². The predicted octanol–water partition coefficient (Wildman–Crippen LogP) is 14.6. The van der Waals surface area contributed by atoms with Gasteiger partial charge in [0.05, 0.1) is 11.5 Å². The molecule has 0 saturated carbocycles. The maximum absolute atomic E-state index is 14.3. The van der Waals surface area contributed by atoms with Crippen LogP contribution in [-0.2, 0) is 11.3 Å². The van der Waals surface area contributed by atoms with Gasteiger partial charge < -0.3 is 4.90 Å². The number of nitro groups is 1. The van der Waals surface area contributed by atoms with Gasteiger partial charge in [-0.2, -0.15) is 0 Å². The number of amides is 5. The first-order valence-electron chi connectivity index (χ1n) is 26.9. The van der Waals surface area contributed by atoms with E-state index in [1.165, 1.54) is 119 Å². The van der Waals surface area contributed by atoms with E-state index in [4.69, 9.17) is 0 Å². The van der Waals surface area contributed by atoms with Crippen LogP contribution in [0.3, 0.4) is 0 Å². The molecule has 2 heterocycles. The second-order valence-electron chi connectivity index (χ2n) is 19.7. The van der Waals surface area contributed by atoms with Gasteiger partial charge in [-0.25, -0.2) is 0 Å². The zero-order chi connectivity index (χ0) is 48.7. The average Bonchev–Trinajstić information content (AvgIpc) is 3.34. The molecule has 3 aromatic carbocycles.